The van der Waals surface area contributed by atoms with Gasteiger partial charge >= 0.3 is 6.18 Å². The molecule has 0 atom stereocenters. The second kappa shape index (κ2) is 3.74. The molecule has 1 aromatic heterocycles. The van der Waals surface area contributed by atoms with Gasteiger partial charge in [-0.2, -0.15) is 13.2 Å². The molecule has 0 saturated carbocycles. The molecule has 0 amide bonds. The van der Waals surface area contributed by atoms with Crippen molar-refractivity contribution in [2.75, 3.05) is 7.11 Å². The van der Waals surface area contributed by atoms with E-state index in [1.165, 1.54) is 13.2 Å². The third-order valence-electron chi connectivity index (χ3n) is 1.43. The zero-order valence-corrected chi connectivity index (χ0v) is 6.93. The van der Waals surface area contributed by atoms with E-state index in [0.717, 1.165) is 12.3 Å². The SMILES string of the molecule is COCc1ccc(C(F)(F)F)nc1. The molecule has 5 heteroatoms. The van der Waals surface area contributed by atoms with E-state index in [2.05, 4.69) is 4.98 Å². The maximum atomic E-state index is 12.0. The van der Waals surface area contributed by atoms with Crippen molar-refractivity contribution in [3.05, 3.63) is 29.6 Å². The van der Waals surface area contributed by atoms with E-state index in [0.29, 0.717) is 5.56 Å². The van der Waals surface area contributed by atoms with Crippen LogP contribution in [0.2, 0.25) is 0 Å². The first-order valence-corrected chi connectivity index (χ1v) is 3.55. The zero-order valence-electron chi connectivity index (χ0n) is 6.93. The molecule has 0 saturated heterocycles. The molecule has 72 valence electrons. The Hall–Kier alpha value is -1.10. The predicted molar refractivity (Wildman–Crippen MR) is 40.0 cm³/mol. The minimum atomic E-state index is -4.37. The van der Waals surface area contributed by atoms with Gasteiger partial charge in [-0.3, -0.25) is 4.98 Å². The quantitative estimate of drug-likeness (QED) is 0.715. The second-order valence-electron chi connectivity index (χ2n) is 2.48. The summed E-state index contributed by atoms with van der Waals surface area (Å²) in [6, 6.07) is 2.29. The Labute approximate surface area is 73.4 Å². The van der Waals surface area contributed by atoms with Crippen LogP contribution in [-0.4, -0.2) is 12.1 Å². The first-order valence-electron chi connectivity index (χ1n) is 3.55. The molecule has 0 aliphatic rings. The average Bonchev–Trinajstić information content (AvgIpc) is 2.04. The molecule has 1 aromatic rings. The van der Waals surface area contributed by atoms with Crippen LogP contribution >= 0.6 is 0 Å². The topological polar surface area (TPSA) is 22.1 Å². The Morgan fingerprint density at radius 1 is 1.38 bits per heavy atom. The minimum absolute atomic E-state index is 0.269. The highest BCUT2D eigenvalue weighted by molar-refractivity contribution is 5.15. The number of rotatable bonds is 2. The number of aromatic nitrogens is 1. The number of ether oxygens (including phenoxy) is 1. The molecular weight excluding hydrogens is 183 g/mol. The van der Waals surface area contributed by atoms with E-state index in [9.17, 15) is 13.2 Å². The number of pyridine rings is 1. The summed E-state index contributed by atoms with van der Waals surface area (Å²) in [6.45, 7) is 0.269. The van der Waals surface area contributed by atoms with Crippen molar-refractivity contribution in [3.63, 3.8) is 0 Å². The fourth-order valence-electron chi connectivity index (χ4n) is 0.844. The van der Waals surface area contributed by atoms with E-state index in [-0.39, 0.29) is 6.61 Å². The number of hydrogen-bond donors (Lipinski definition) is 0. The Morgan fingerprint density at radius 2 is 2.08 bits per heavy atom. The third kappa shape index (κ3) is 2.69. The van der Waals surface area contributed by atoms with Gasteiger partial charge in [0.1, 0.15) is 5.69 Å². The average molecular weight is 191 g/mol. The fraction of sp³-hybridized carbons (Fsp3) is 0.375. The van der Waals surface area contributed by atoms with E-state index in [4.69, 9.17) is 4.74 Å². The molecule has 0 spiro atoms. The maximum absolute atomic E-state index is 12.0. The lowest BCUT2D eigenvalue weighted by atomic mass is 10.2. The van der Waals surface area contributed by atoms with Crippen molar-refractivity contribution >= 4 is 0 Å². The molecule has 0 aliphatic carbocycles. The summed E-state index contributed by atoms with van der Waals surface area (Å²) in [7, 11) is 1.47. The van der Waals surface area contributed by atoms with Gasteiger partial charge in [0, 0.05) is 13.3 Å². The molecule has 0 aliphatic heterocycles. The molecular formula is C8H8F3NO. The van der Waals surface area contributed by atoms with Gasteiger partial charge in [0.05, 0.1) is 6.61 Å². The Kier molecular flexibility index (Phi) is 2.87. The first-order chi connectivity index (χ1) is 6.04. The van der Waals surface area contributed by atoms with Crippen LogP contribution in [0.15, 0.2) is 18.3 Å². The lowest BCUT2D eigenvalue weighted by Crippen LogP contribution is -2.07. The van der Waals surface area contributed by atoms with Crippen LogP contribution in [0, 0.1) is 0 Å². The van der Waals surface area contributed by atoms with Gasteiger partial charge < -0.3 is 4.74 Å². The largest absolute Gasteiger partial charge is 0.433 e. The molecule has 0 radical (unpaired) electrons. The summed E-state index contributed by atoms with van der Waals surface area (Å²) in [4.78, 5) is 3.26. The Bertz CT molecular complexity index is 268. The lowest BCUT2D eigenvalue weighted by molar-refractivity contribution is -0.141. The fourth-order valence-corrected chi connectivity index (χ4v) is 0.844. The van der Waals surface area contributed by atoms with Gasteiger partial charge in [0.15, 0.2) is 0 Å². The maximum Gasteiger partial charge on any atom is 0.433 e. The first kappa shape index (κ1) is 9.98. The van der Waals surface area contributed by atoms with Gasteiger partial charge in [-0.25, -0.2) is 0 Å². The molecule has 2 nitrogen and oxygen atoms in total. The molecule has 1 heterocycles. The van der Waals surface area contributed by atoms with Gasteiger partial charge in [0.25, 0.3) is 0 Å². The summed E-state index contributed by atoms with van der Waals surface area (Å²) in [6.07, 6.45) is -3.21. The van der Waals surface area contributed by atoms with Crippen LogP contribution in [-0.2, 0) is 17.5 Å². The number of hydrogen-bond acceptors (Lipinski definition) is 2. The molecule has 0 N–H and O–H groups in total. The van der Waals surface area contributed by atoms with E-state index >= 15 is 0 Å². The van der Waals surface area contributed by atoms with Crippen LogP contribution in [0.1, 0.15) is 11.3 Å². The van der Waals surface area contributed by atoms with Crippen molar-refractivity contribution in [1.82, 2.24) is 4.98 Å². The van der Waals surface area contributed by atoms with E-state index in [1.807, 2.05) is 0 Å². The molecule has 13 heavy (non-hydrogen) atoms. The number of methoxy groups -OCH3 is 1. The summed E-state index contributed by atoms with van der Waals surface area (Å²) < 4.78 is 40.8. The summed E-state index contributed by atoms with van der Waals surface area (Å²) >= 11 is 0. The Morgan fingerprint density at radius 3 is 2.46 bits per heavy atom. The summed E-state index contributed by atoms with van der Waals surface area (Å²) in [5.74, 6) is 0. The van der Waals surface area contributed by atoms with Crippen LogP contribution in [0.25, 0.3) is 0 Å². The van der Waals surface area contributed by atoms with Crippen molar-refractivity contribution in [3.8, 4) is 0 Å². The van der Waals surface area contributed by atoms with E-state index in [1.54, 1.807) is 0 Å². The van der Waals surface area contributed by atoms with Crippen LogP contribution in [0.3, 0.4) is 0 Å². The smallest absolute Gasteiger partial charge is 0.380 e. The minimum Gasteiger partial charge on any atom is -0.380 e. The number of alkyl halides is 3. The Balaban J connectivity index is 2.81. The van der Waals surface area contributed by atoms with Gasteiger partial charge in [-0.15, -0.1) is 0 Å². The van der Waals surface area contributed by atoms with Crippen molar-refractivity contribution in [1.29, 1.82) is 0 Å². The van der Waals surface area contributed by atoms with E-state index < -0.39 is 11.9 Å². The normalized spacial score (nSPS) is 11.7. The highest BCUT2D eigenvalue weighted by Crippen LogP contribution is 2.27. The summed E-state index contributed by atoms with van der Waals surface area (Å²) in [5.41, 5.74) is -0.261. The molecule has 0 aromatic carbocycles. The lowest BCUT2D eigenvalue weighted by Gasteiger charge is -2.05. The molecule has 1 rings (SSSR count). The molecule has 0 fully saturated rings. The van der Waals surface area contributed by atoms with Gasteiger partial charge in [0.2, 0.25) is 0 Å². The van der Waals surface area contributed by atoms with Crippen molar-refractivity contribution in [2.45, 2.75) is 12.8 Å². The molecule has 0 unspecified atom stereocenters. The zero-order chi connectivity index (χ0) is 9.90. The standard InChI is InChI=1S/C8H8F3NO/c1-13-5-6-2-3-7(12-4-6)8(9,10)11/h2-4H,5H2,1H3. The highest BCUT2D eigenvalue weighted by atomic mass is 19.4. The van der Waals surface area contributed by atoms with Crippen molar-refractivity contribution < 1.29 is 17.9 Å². The van der Waals surface area contributed by atoms with Crippen LogP contribution in [0.4, 0.5) is 13.2 Å². The van der Waals surface area contributed by atoms with Crippen LogP contribution in [0.5, 0.6) is 0 Å². The van der Waals surface area contributed by atoms with Crippen molar-refractivity contribution in [2.24, 2.45) is 0 Å². The van der Waals surface area contributed by atoms with Gasteiger partial charge in [-0.1, -0.05) is 6.07 Å². The molecule has 0 bridgehead atoms. The van der Waals surface area contributed by atoms with Gasteiger partial charge in [-0.05, 0) is 11.6 Å². The third-order valence-corrected chi connectivity index (χ3v) is 1.43. The number of nitrogens with zero attached hydrogens (tertiary/aromatic N) is 1. The van der Waals surface area contributed by atoms with Crippen LogP contribution < -0.4 is 0 Å². The monoisotopic (exact) mass is 191 g/mol. The second-order valence-corrected chi connectivity index (χ2v) is 2.48. The predicted octanol–water partition coefficient (Wildman–Crippen LogP) is 2.25. The summed E-state index contributed by atoms with van der Waals surface area (Å²) in [5, 5.41) is 0. The highest BCUT2D eigenvalue weighted by Gasteiger charge is 2.31. The number of halogens is 3.